The minimum Gasteiger partial charge on any atom is -0.444 e. The van der Waals surface area contributed by atoms with Crippen LogP contribution in [0, 0.1) is 0 Å². The normalized spacial score (nSPS) is 12.7. The molecule has 5 nitrogen and oxygen atoms in total. The van der Waals surface area contributed by atoms with Crippen LogP contribution in [0.2, 0.25) is 0 Å². The molecule has 0 radical (unpaired) electrons. The van der Waals surface area contributed by atoms with E-state index in [0.29, 0.717) is 0 Å². The molecule has 2 aromatic rings. The van der Waals surface area contributed by atoms with Gasteiger partial charge in [-0.05, 0) is 32.8 Å². The molecule has 0 saturated heterocycles. The molecule has 0 spiro atoms. The molecule has 0 aliphatic heterocycles. The van der Waals surface area contributed by atoms with Crippen LogP contribution in [0.15, 0.2) is 36.5 Å². The lowest BCUT2D eigenvalue weighted by Gasteiger charge is -2.22. The van der Waals surface area contributed by atoms with E-state index in [0.717, 1.165) is 29.9 Å². The average molecular weight is 315 g/mol. The Hall–Kier alpha value is -2.30. The Morgan fingerprint density at radius 1 is 1.30 bits per heavy atom. The van der Waals surface area contributed by atoms with E-state index in [9.17, 15) is 4.79 Å². The number of nitrogens with zero attached hydrogens (tertiary/aromatic N) is 1. The molecule has 1 amide bonds. The fourth-order valence-corrected chi connectivity index (χ4v) is 2.29. The number of H-pyrrole nitrogens is 1. The number of nitrogens with one attached hydrogen (secondary N) is 2. The molecule has 0 saturated carbocycles. The highest BCUT2D eigenvalue weighted by molar-refractivity contribution is 5.68. The molecular formula is C18H25N3O2. The Kier molecular flexibility index (Phi) is 5.42. The van der Waals surface area contributed by atoms with E-state index in [4.69, 9.17) is 4.74 Å². The number of imidazole rings is 1. The Morgan fingerprint density at radius 3 is 2.61 bits per heavy atom. The van der Waals surface area contributed by atoms with Gasteiger partial charge in [0, 0.05) is 0 Å². The quantitative estimate of drug-likeness (QED) is 0.857. The van der Waals surface area contributed by atoms with Gasteiger partial charge in [0.25, 0.3) is 0 Å². The first kappa shape index (κ1) is 17.1. The van der Waals surface area contributed by atoms with Gasteiger partial charge in [0.05, 0.1) is 17.9 Å². The van der Waals surface area contributed by atoms with Crippen molar-refractivity contribution in [2.24, 2.45) is 0 Å². The standard InChI is InChI=1S/C18H25N3O2/c1-5-9-14(21-17(22)23-18(2,3)4)16-19-12-15(20-16)13-10-7-6-8-11-13/h6-8,10-12,14H,5,9H2,1-4H3,(H,19,20)(H,21,22)/t14-/m1/s1. The molecule has 23 heavy (non-hydrogen) atoms. The molecule has 1 aromatic carbocycles. The lowest BCUT2D eigenvalue weighted by Crippen LogP contribution is -2.35. The summed E-state index contributed by atoms with van der Waals surface area (Å²) in [5.41, 5.74) is 1.49. The van der Waals surface area contributed by atoms with E-state index in [1.807, 2.05) is 51.1 Å². The van der Waals surface area contributed by atoms with Crippen molar-refractivity contribution in [3.63, 3.8) is 0 Å². The monoisotopic (exact) mass is 315 g/mol. The van der Waals surface area contributed by atoms with E-state index in [1.54, 1.807) is 6.20 Å². The van der Waals surface area contributed by atoms with Gasteiger partial charge in [-0.3, -0.25) is 0 Å². The molecule has 0 fully saturated rings. The summed E-state index contributed by atoms with van der Waals surface area (Å²) in [6.07, 6.45) is 3.10. The molecule has 0 aliphatic rings. The summed E-state index contributed by atoms with van der Waals surface area (Å²) >= 11 is 0. The summed E-state index contributed by atoms with van der Waals surface area (Å²) in [4.78, 5) is 19.8. The Labute approximate surface area is 137 Å². The minimum atomic E-state index is -0.515. The number of carbonyl (C=O) groups is 1. The molecule has 0 bridgehead atoms. The molecule has 2 N–H and O–H groups in total. The first-order valence-electron chi connectivity index (χ1n) is 7.99. The van der Waals surface area contributed by atoms with Crippen LogP contribution >= 0.6 is 0 Å². The maximum atomic E-state index is 12.0. The zero-order valence-corrected chi connectivity index (χ0v) is 14.2. The highest BCUT2D eigenvalue weighted by Gasteiger charge is 2.22. The van der Waals surface area contributed by atoms with Gasteiger partial charge >= 0.3 is 6.09 Å². The zero-order valence-electron chi connectivity index (χ0n) is 14.2. The Morgan fingerprint density at radius 2 is 2.00 bits per heavy atom. The van der Waals surface area contributed by atoms with Crippen molar-refractivity contribution in [1.29, 1.82) is 0 Å². The van der Waals surface area contributed by atoms with E-state index < -0.39 is 11.7 Å². The van der Waals surface area contributed by atoms with Crippen LogP contribution in [-0.2, 0) is 4.74 Å². The van der Waals surface area contributed by atoms with Crippen molar-refractivity contribution >= 4 is 6.09 Å². The van der Waals surface area contributed by atoms with Crippen LogP contribution in [0.25, 0.3) is 11.3 Å². The van der Waals surface area contributed by atoms with Crippen LogP contribution in [0.3, 0.4) is 0 Å². The molecule has 0 unspecified atom stereocenters. The smallest absolute Gasteiger partial charge is 0.408 e. The van der Waals surface area contributed by atoms with Crippen LogP contribution < -0.4 is 5.32 Å². The average Bonchev–Trinajstić information content (AvgIpc) is 2.95. The summed E-state index contributed by atoms with van der Waals surface area (Å²) in [5.74, 6) is 0.747. The summed E-state index contributed by atoms with van der Waals surface area (Å²) in [6, 6.07) is 9.80. The topological polar surface area (TPSA) is 67.0 Å². The zero-order chi connectivity index (χ0) is 16.9. The molecule has 2 rings (SSSR count). The van der Waals surface area contributed by atoms with Gasteiger partial charge in [0.2, 0.25) is 0 Å². The summed E-state index contributed by atoms with van der Waals surface area (Å²) in [7, 11) is 0. The third-order valence-corrected chi connectivity index (χ3v) is 3.28. The number of hydrogen-bond acceptors (Lipinski definition) is 3. The van der Waals surface area contributed by atoms with Crippen molar-refractivity contribution in [1.82, 2.24) is 15.3 Å². The lowest BCUT2D eigenvalue weighted by molar-refractivity contribution is 0.0498. The minimum absolute atomic E-state index is 0.188. The van der Waals surface area contributed by atoms with Crippen LogP contribution in [0.4, 0.5) is 4.79 Å². The van der Waals surface area contributed by atoms with Gasteiger partial charge in [-0.15, -0.1) is 0 Å². The molecule has 1 heterocycles. The second-order valence-corrected chi connectivity index (χ2v) is 6.54. The van der Waals surface area contributed by atoms with Crippen LogP contribution in [0.5, 0.6) is 0 Å². The van der Waals surface area contributed by atoms with Crippen LogP contribution in [0.1, 0.15) is 52.4 Å². The second-order valence-electron chi connectivity index (χ2n) is 6.54. The maximum absolute atomic E-state index is 12.0. The van der Waals surface area contributed by atoms with Gasteiger partial charge in [-0.2, -0.15) is 0 Å². The number of alkyl carbamates (subject to hydrolysis) is 1. The van der Waals surface area contributed by atoms with E-state index in [2.05, 4.69) is 22.2 Å². The molecule has 1 aromatic heterocycles. The van der Waals surface area contributed by atoms with Crippen molar-refractivity contribution in [3.05, 3.63) is 42.4 Å². The van der Waals surface area contributed by atoms with Gasteiger partial charge in [0.15, 0.2) is 0 Å². The predicted octanol–water partition coefficient (Wildman–Crippen LogP) is 4.44. The number of benzene rings is 1. The Balaban J connectivity index is 2.12. The molecule has 5 heteroatoms. The molecular weight excluding hydrogens is 290 g/mol. The van der Waals surface area contributed by atoms with Crippen LogP contribution in [-0.4, -0.2) is 21.7 Å². The number of aromatic nitrogens is 2. The number of rotatable bonds is 5. The third kappa shape index (κ3) is 5.13. The number of hydrogen-bond donors (Lipinski definition) is 2. The van der Waals surface area contributed by atoms with Crippen molar-refractivity contribution in [3.8, 4) is 11.3 Å². The molecule has 124 valence electrons. The first-order valence-corrected chi connectivity index (χ1v) is 7.99. The van der Waals surface area contributed by atoms with Crippen molar-refractivity contribution in [2.45, 2.75) is 52.2 Å². The highest BCUT2D eigenvalue weighted by Crippen LogP contribution is 2.21. The van der Waals surface area contributed by atoms with Gasteiger partial charge in [-0.1, -0.05) is 43.7 Å². The Bertz CT molecular complexity index is 629. The van der Waals surface area contributed by atoms with Gasteiger partial charge < -0.3 is 15.0 Å². The fourth-order valence-electron chi connectivity index (χ4n) is 2.29. The third-order valence-electron chi connectivity index (χ3n) is 3.28. The number of aromatic amines is 1. The molecule has 1 atom stereocenters. The van der Waals surface area contributed by atoms with E-state index in [1.165, 1.54) is 0 Å². The maximum Gasteiger partial charge on any atom is 0.408 e. The first-order chi connectivity index (χ1) is 10.9. The molecule has 0 aliphatic carbocycles. The largest absolute Gasteiger partial charge is 0.444 e. The van der Waals surface area contributed by atoms with Crippen molar-refractivity contribution < 1.29 is 9.53 Å². The predicted molar refractivity (Wildman–Crippen MR) is 91.0 cm³/mol. The SMILES string of the molecule is CCC[C@@H](NC(=O)OC(C)(C)C)c1ncc(-c2ccccc2)[nH]1. The summed E-state index contributed by atoms with van der Waals surface area (Å²) in [5, 5.41) is 2.90. The summed E-state index contributed by atoms with van der Waals surface area (Å²) in [6.45, 7) is 7.62. The van der Waals surface area contributed by atoms with Gasteiger partial charge in [-0.25, -0.2) is 9.78 Å². The lowest BCUT2D eigenvalue weighted by atomic mass is 10.1. The van der Waals surface area contributed by atoms with E-state index in [-0.39, 0.29) is 6.04 Å². The van der Waals surface area contributed by atoms with Gasteiger partial charge in [0.1, 0.15) is 11.4 Å². The number of ether oxygens (including phenoxy) is 1. The number of carbonyl (C=O) groups excluding carboxylic acids is 1. The summed E-state index contributed by atoms with van der Waals surface area (Å²) < 4.78 is 5.34. The number of amides is 1. The van der Waals surface area contributed by atoms with E-state index >= 15 is 0 Å². The fraction of sp³-hybridized carbons (Fsp3) is 0.444. The second kappa shape index (κ2) is 7.31. The highest BCUT2D eigenvalue weighted by atomic mass is 16.6. The van der Waals surface area contributed by atoms with Crippen molar-refractivity contribution in [2.75, 3.05) is 0 Å².